The van der Waals surface area contributed by atoms with E-state index in [0.717, 1.165) is 11.3 Å². The van der Waals surface area contributed by atoms with Gasteiger partial charge in [-0.2, -0.15) is 0 Å². The van der Waals surface area contributed by atoms with E-state index in [1.165, 1.54) is 4.90 Å². The van der Waals surface area contributed by atoms with Crippen molar-refractivity contribution in [3.05, 3.63) is 58.1 Å². The highest BCUT2D eigenvalue weighted by Gasteiger charge is 2.38. The maximum Gasteiger partial charge on any atom is 0.232 e. The second-order valence-corrected chi connectivity index (χ2v) is 7.21. The van der Waals surface area contributed by atoms with Crippen LogP contribution in [-0.4, -0.2) is 24.9 Å². The Hall–Kier alpha value is -2.04. The smallest absolute Gasteiger partial charge is 0.232 e. The number of amides is 2. The number of para-hydroxylation sites is 1. The summed E-state index contributed by atoms with van der Waals surface area (Å²) < 4.78 is 0. The number of aryl methyl sites for hydroxylation is 1. The van der Waals surface area contributed by atoms with E-state index in [4.69, 9.17) is 23.2 Å². The molecule has 26 heavy (non-hydrogen) atoms. The molecule has 2 aromatic carbocycles. The van der Waals surface area contributed by atoms with Crippen LogP contribution in [0.5, 0.6) is 0 Å². The fourth-order valence-electron chi connectivity index (χ4n) is 3.32. The zero-order chi connectivity index (χ0) is 18.8. The molecule has 1 unspecified atom stereocenters. The number of rotatable bonds is 4. The van der Waals surface area contributed by atoms with Crippen LogP contribution in [0.15, 0.2) is 42.5 Å². The van der Waals surface area contributed by atoms with E-state index < -0.39 is 5.92 Å². The molecule has 3 rings (SSSR count). The van der Waals surface area contributed by atoms with E-state index in [1.807, 2.05) is 38.1 Å². The van der Waals surface area contributed by atoms with Crippen molar-refractivity contribution in [1.82, 2.24) is 0 Å². The number of halogens is 2. The predicted molar refractivity (Wildman–Crippen MR) is 106 cm³/mol. The van der Waals surface area contributed by atoms with Crippen molar-refractivity contribution in [1.29, 1.82) is 0 Å². The van der Waals surface area contributed by atoms with Crippen molar-refractivity contribution in [3.8, 4) is 0 Å². The Morgan fingerprint density at radius 1 is 1.19 bits per heavy atom. The number of carbonyl (C=O) groups is 2. The summed E-state index contributed by atoms with van der Waals surface area (Å²) in [6, 6.07) is 12.9. The summed E-state index contributed by atoms with van der Waals surface area (Å²) in [5, 5.41) is 0.815. The van der Waals surface area contributed by atoms with Gasteiger partial charge >= 0.3 is 0 Å². The van der Waals surface area contributed by atoms with E-state index >= 15 is 0 Å². The third-order valence-corrected chi connectivity index (χ3v) is 5.19. The number of anilines is 2. The lowest BCUT2D eigenvalue weighted by atomic mass is 10.1. The van der Waals surface area contributed by atoms with Gasteiger partial charge in [-0.25, -0.2) is 0 Å². The minimum absolute atomic E-state index is 0.0582. The topological polar surface area (TPSA) is 40.6 Å². The Morgan fingerprint density at radius 2 is 1.85 bits per heavy atom. The second-order valence-electron chi connectivity index (χ2n) is 6.40. The minimum atomic E-state index is -0.421. The van der Waals surface area contributed by atoms with Gasteiger partial charge in [-0.1, -0.05) is 41.4 Å². The summed E-state index contributed by atoms with van der Waals surface area (Å²) in [4.78, 5) is 28.8. The lowest BCUT2D eigenvalue weighted by molar-refractivity contribution is -0.124. The van der Waals surface area contributed by atoms with Gasteiger partial charge in [0, 0.05) is 25.2 Å². The van der Waals surface area contributed by atoms with Crippen LogP contribution in [-0.2, 0) is 9.59 Å². The molecule has 2 aromatic rings. The maximum atomic E-state index is 13.1. The van der Waals surface area contributed by atoms with Crippen LogP contribution in [0, 0.1) is 12.8 Å². The third-order valence-electron chi connectivity index (χ3n) is 4.58. The van der Waals surface area contributed by atoms with Crippen LogP contribution in [0.1, 0.15) is 18.9 Å². The van der Waals surface area contributed by atoms with Gasteiger partial charge in [0.2, 0.25) is 11.8 Å². The van der Waals surface area contributed by atoms with Crippen LogP contribution >= 0.6 is 23.2 Å². The molecular weight excluding hydrogens is 371 g/mol. The molecule has 1 atom stereocenters. The molecule has 2 amide bonds. The minimum Gasteiger partial charge on any atom is -0.312 e. The number of nitrogens with zero attached hydrogens (tertiary/aromatic N) is 2. The lowest BCUT2D eigenvalue weighted by Crippen LogP contribution is -2.37. The zero-order valence-electron chi connectivity index (χ0n) is 14.7. The summed E-state index contributed by atoms with van der Waals surface area (Å²) in [6.45, 7) is 4.74. The molecule has 0 saturated carbocycles. The summed E-state index contributed by atoms with van der Waals surface area (Å²) >= 11 is 12.5. The Bertz CT molecular complexity index is 833. The molecule has 1 fully saturated rings. The SMILES string of the molecule is CCN(C(=O)C1CC(=O)N(c2c(Cl)cccc2Cl)C1)c1cccc(C)c1. The van der Waals surface area contributed by atoms with Crippen molar-refractivity contribution in [2.75, 3.05) is 22.9 Å². The Labute approximate surface area is 163 Å². The highest BCUT2D eigenvalue weighted by Crippen LogP contribution is 2.37. The fraction of sp³-hybridized carbons (Fsp3) is 0.300. The van der Waals surface area contributed by atoms with Crippen molar-refractivity contribution in [2.45, 2.75) is 20.3 Å². The first kappa shape index (κ1) is 18.7. The highest BCUT2D eigenvalue weighted by molar-refractivity contribution is 6.40. The summed E-state index contributed by atoms with van der Waals surface area (Å²) in [5.41, 5.74) is 2.41. The van der Waals surface area contributed by atoms with Crippen LogP contribution in [0.25, 0.3) is 0 Å². The molecule has 1 saturated heterocycles. The zero-order valence-corrected chi connectivity index (χ0v) is 16.2. The quantitative estimate of drug-likeness (QED) is 0.758. The number of benzene rings is 2. The molecule has 136 valence electrons. The highest BCUT2D eigenvalue weighted by atomic mass is 35.5. The number of hydrogen-bond donors (Lipinski definition) is 0. The first-order chi connectivity index (χ1) is 12.4. The van der Waals surface area contributed by atoms with Gasteiger partial charge in [-0.3, -0.25) is 9.59 Å². The molecule has 1 aliphatic heterocycles. The molecule has 0 bridgehead atoms. The van der Waals surface area contributed by atoms with Gasteiger partial charge in [0.25, 0.3) is 0 Å². The van der Waals surface area contributed by atoms with Crippen LogP contribution in [0.4, 0.5) is 11.4 Å². The standard InChI is InChI=1S/C20H20Cl2N2O2/c1-3-23(15-7-4-6-13(2)10-15)20(26)14-11-18(25)24(12-14)19-16(21)8-5-9-17(19)22/h4-10,14H,3,11-12H2,1-2H3. The molecular formula is C20H20Cl2N2O2. The van der Waals surface area contributed by atoms with Crippen LogP contribution < -0.4 is 9.80 Å². The van der Waals surface area contributed by atoms with E-state index in [2.05, 4.69) is 0 Å². The largest absolute Gasteiger partial charge is 0.312 e. The molecule has 0 aromatic heterocycles. The Kier molecular flexibility index (Phi) is 5.54. The summed E-state index contributed by atoms with van der Waals surface area (Å²) in [7, 11) is 0. The van der Waals surface area contributed by atoms with Gasteiger partial charge in [0.05, 0.1) is 21.7 Å². The van der Waals surface area contributed by atoms with E-state index in [0.29, 0.717) is 22.3 Å². The molecule has 0 N–H and O–H groups in total. The van der Waals surface area contributed by atoms with Crippen molar-refractivity contribution < 1.29 is 9.59 Å². The van der Waals surface area contributed by atoms with E-state index in [1.54, 1.807) is 23.1 Å². The third kappa shape index (κ3) is 3.57. The lowest BCUT2D eigenvalue weighted by Gasteiger charge is -2.25. The van der Waals surface area contributed by atoms with Crippen LogP contribution in [0.2, 0.25) is 10.0 Å². The van der Waals surface area contributed by atoms with Gasteiger partial charge in [0.1, 0.15) is 0 Å². The van der Waals surface area contributed by atoms with Crippen molar-refractivity contribution in [3.63, 3.8) is 0 Å². The van der Waals surface area contributed by atoms with Crippen molar-refractivity contribution in [2.24, 2.45) is 5.92 Å². The Morgan fingerprint density at radius 3 is 2.46 bits per heavy atom. The van der Waals surface area contributed by atoms with Crippen molar-refractivity contribution >= 4 is 46.4 Å². The summed E-state index contributed by atoms with van der Waals surface area (Å²) in [5.74, 6) is -0.619. The molecule has 0 radical (unpaired) electrons. The molecule has 1 aliphatic rings. The molecule has 1 heterocycles. The first-order valence-corrected chi connectivity index (χ1v) is 9.30. The Balaban J connectivity index is 1.84. The number of hydrogen-bond acceptors (Lipinski definition) is 2. The predicted octanol–water partition coefficient (Wildman–Crippen LogP) is 4.71. The van der Waals surface area contributed by atoms with Gasteiger partial charge < -0.3 is 9.80 Å². The van der Waals surface area contributed by atoms with Gasteiger partial charge in [0.15, 0.2) is 0 Å². The molecule has 0 aliphatic carbocycles. The number of carbonyl (C=O) groups excluding carboxylic acids is 2. The average molecular weight is 391 g/mol. The van der Waals surface area contributed by atoms with E-state index in [9.17, 15) is 9.59 Å². The van der Waals surface area contributed by atoms with Gasteiger partial charge in [-0.05, 0) is 43.7 Å². The normalized spacial score (nSPS) is 16.8. The maximum absolute atomic E-state index is 13.1. The summed E-state index contributed by atoms with van der Waals surface area (Å²) in [6.07, 6.45) is 0.155. The monoisotopic (exact) mass is 390 g/mol. The van der Waals surface area contributed by atoms with E-state index in [-0.39, 0.29) is 24.8 Å². The fourth-order valence-corrected chi connectivity index (χ4v) is 3.92. The first-order valence-electron chi connectivity index (χ1n) is 8.54. The average Bonchev–Trinajstić information content (AvgIpc) is 2.97. The molecule has 0 spiro atoms. The van der Waals surface area contributed by atoms with Gasteiger partial charge in [-0.15, -0.1) is 0 Å². The van der Waals surface area contributed by atoms with Crippen LogP contribution in [0.3, 0.4) is 0 Å². The molecule has 6 heteroatoms. The second kappa shape index (κ2) is 7.68. The molecule has 4 nitrogen and oxygen atoms in total.